The zero-order valence-corrected chi connectivity index (χ0v) is 21.6. The molecule has 2 atom stereocenters. The van der Waals surface area contributed by atoms with Gasteiger partial charge in [-0.2, -0.15) is 0 Å². The lowest BCUT2D eigenvalue weighted by Crippen LogP contribution is -2.63. The van der Waals surface area contributed by atoms with Gasteiger partial charge in [-0.25, -0.2) is 22.5 Å². The smallest absolute Gasteiger partial charge is 0.299 e. The Balaban J connectivity index is 1.70. The molecule has 4 rings (SSSR count). The molecule has 1 heterocycles. The van der Waals surface area contributed by atoms with E-state index in [9.17, 15) is 17.9 Å². The van der Waals surface area contributed by atoms with Crippen molar-refractivity contribution in [3.8, 4) is 11.1 Å². The van der Waals surface area contributed by atoms with Crippen molar-refractivity contribution in [2.24, 2.45) is 4.99 Å². The van der Waals surface area contributed by atoms with Gasteiger partial charge < -0.3 is 9.84 Å². The Bertz CT molecular complexity index is 1390. The van der Waals surface area contributed by atoms with E-state index in [1.165, 1.54) is 6.07 Å². The molecule has 1 aliphatic rings. The molecule has 0 aliphatic carbocycles. The summed E-state index contributed by atoms with van der Waals surface area (Å²) in [7, 11) is -4.03. The van der Waals surface area contributed by atoms with E-state index in [0.717, 1.165) is 16.7 Å². The first-order valence-corrected chi connectivity index (χ1v) is 13.3. The first kappa shape index (κ1) is 25.9. The van der Waals surface area contributed by atoms with Crippen LogP contribution in [0.5, 0.6) is 0 Å². The molecule has 3 aromatic carbocycles. The normalized spacial score (nSPS) is 22.4. The van der Waals surface area contributed by atoms with Gasteiger partial charge in [0.15, 0.2) is 4.75 Å². The van der Waals surface area contributed by atoms with Crippen LogP contribution in [0, 0.1) is 12.7 Å². The molecule has 36 heavy (non-hydrogen) atoms. The van der Waals surface area contributed by atoms with E-state index in [1.54, 1.807) is 39.0 Å². The second-order valence-corrected chi connectivity index (χ2v) is 11.7. The highest BCUT2D eigenvalue weighted by Gasteiger charge is 2.59. The van der Waals surface area contributed by atoms with Crippen molar-refractivity contribution in [3.63, 3.8) is 0 Å². The zero-order valence-electron chi connectivity index (χ0n) is 20.8. The number of halogens is 1. The van der Waals surface area contributed by atoms with Gasteiger partial charge in [0.05, 0.1) is 6.04 Å². The van der Waals surface area contributed by atoms with Crippen LogP contribution in [0.1, 0.15) is 49.9 Å². The van der Waals surface area contributed by atoms with Crippen LogP contribution < -0.4 is 4.72 Å². The fourth-order valence-corrected chi connectivity index (χ4v) is 6.28. The molecule has 6 nitrogen and oxygen atoms in total. The van der Waals surface area contributed by atoms with Crippen LogP contribution >= 0.6 is 0 Å². The number of hydrogen-bond acceptors (Lipinski definition) is 5. The summed E-state index contributed by atoms with van der Waals surface area (Å²) in [6.45, 7) is 6.79. The molecular weight excluding hydrogens is 479 g/mol. The van der Waals surface area contributed by atoms with E-state index >= 15 is 0 Å². The first-order chi connectivity index (χ1) is 17.0. The summed E-state index contributed by atoms with van der Waals surface area (Å²) in [5.41, 5.74) is 2.78. The standard InChI is InChI=1S/C28H31FN2O4S/c1-19-9-5-6-10-22(19)20-13-15-21(16-14-20)28(4)27(2,3)35-26(31-36(28,33)34)30-25(17-18-32)23-11-7-8-12-24(23)29/h5-16,25,32H,17-18H2,1-4H3,(H,30,31). The average molecular weight is 511 g/mol. The van der Waals surface area contributed by atoms with E-state index < -0.39 is 32.2 Å². The van der Waals surface area contributed by atoms with E-state index in [0.29, 0.717) is 5.56 Å². The Labute approximate surface area is 211 Å². The number of nitrogens with one attached hydrogen (secondary N) is 1. The minimum atomic E-state index is -4.03. The topological polar surface area (TPSA) is 88.0 Å². The van der Waals surface area contributed by atoms with Gasteiger partial charge in [0, 0.05) is 12.2 Å². The lowest BCUT2D eigenvalue weighted by atomic mass is 9.84. The summed E-state index contributed by atoms with van der Waals surface area (Å²) in [5.74, 6) is -0.489. The van der Waals surface area contributed by atoms with Crippen molar-refractivity contribution in [3.05, 3.63) is 95.3 Å². The largest absolute Gasteiger partial charge is 0.456 e. The third kappa shape index (κ3) is 4.51. The zero-order chi connectivity index (χ0) is 26.1. The highest BCUT2D eigenvalue weighted by Crippen LogP contribution is 2.45. The fraction of sp³-hybridized carbons (Fsp3) is 0.321. The molecular formula is C28H31FN2O4S. The summed E-state index contributed by atoms with van der Waals surface area (Å²) in [4.78, 5) is 4.37. The minimum absolute atomic E-state index is 0.105. The fourth-order valence-electron chi connectivity index (χ4n) is 4.62. The monoisotopic (exact) mass is 510 g/mol. The third-order valence-corrected chi connectivity index (χ3v) is 9.34. The number of sulfonamides is 1. The van der Waals surface area contributed by atoms with Crippen LogP contribution in [-0.2, 0) is 19.5 Å². The molecule has 0 saturated carbocycles. The lowest BCUT2D eigenvalue weighted by Gasteiger charge is -2.47. The van der Waals surface area contributed by atoms with E-state index in [2.05, 4.69) is 9.71 Å². The van der Waals surface area contributed by atoms with Crippen LogP contribution in [0.4, 0.5) is 4.39 Å². The Morgan fingerprint density at radius 2 is 1.64 bits per heavy atom. The van der Waals surface area contributed by atoms with Crippen molar-refractivity contribution < 1.29 is 22.7 Å². The Hall–Kier alpha value is -3.23. The molecule has 0 bridgehead atoms. The van der Waals surface area contributed by atoms with E-state index in [4.69, 9.17) is 4.74 Å². The second-order valence-electron chi connectivity index (χ2n) is 9.63. The third-order valence-electron chi connectivity index (χ3n) is 7.09. The summed E-state index contributed by atoms with van der Waals surface area (Å²) >= 11 is 0. The van der Waals surface area contributed by atoms with Gasteiger partial charge in [0.2, 0.25) is 10.0 Å². The Kier molecular flexibility index (Phi) is 6.94. The summed E-state index contributed by atoms with van der Waals surface area (Å²) in [6, 6.07) is 20.5. The molecule has 1 fully saturated rings. The average Bonchev–Trinajstić information content (AvgIpc) is 2.82. The number of nitrogens with zero attached hydrogens (tertiary/aromatic N) is 1. The summed E-state index contributed by atoms with van der Waals surface area (Å²) < 4.78 is 48.9. The number of hydrogen-bond donors (Lipinski definition) is 2. The number of ether oxygens (including phenoxy) is 1. The molecule has 190 valence electrons. The van der Waals surface area contributed by atoms with Gasteiger partial charge in [-0.1, -0.05) is 66.7 Å². The maximum atomic E-state index is 14.4. The molecule has 8 heteroatoms. The highest BCUT2D eigenvalue weighted by molar-refractivity contribution is 7.91. The van der Waals surface area contributed by atoms with Gasteiger partial charge >= 0.3 is 0 Å². The number of aliphatic hydroxyl groups excluding tert-OH is 1. The molecule has 1 saturated heterocycles. The Morgan fingerprint density at radius 1 is 1.00 bits per heavy atom. The van der Waals surface area contributed by atoms with Crippen LogP contribution in [0.15, 0.2) is 77.8 Å². The first-order valence-electron chi connectivity index (χ1n) is 11.8. The van der Waals surface area contributed by atoms with Crippen molar-refractivity contribution in [1.82, 2.24) is 4.72 Å². The second kappa shape index (κ2) is 9.67. The predicted molar refractivity (Wildman–Crippen MR) is 139 cm³/mol. The Morgan fingerprint density at radius 3 is 2.25 bits per heavy atom. The quantitative estimate of drug-likeness (QED) is 0.476. The van der Waals surface area contributed by atoms with Crippen molar-refractivity contribution in [1.29, 1.82) is 0 Å². The maximum Gasteiger partial charge on any atom is 0.299 e. The van der Waals surface area contributed by atoms with Gasteiger partial charge in [-0.3, -0.25) is 0 Å². The molecule has 0 amide bonds. The van der Waals surface area contributed by atoms with E-state index in [-0.39, 0.29) is 24.6 Å². The number of aliphatic hydroxyl groups is 1. The van der Waals surface area contributed by atoms with Crippen molar-refractivity contribution >= 4 is 16.0 Å². The van der Waals surface area contributed by atoms with Crippen LogP contribution in [0.25, 0.3) is 11.1 Å². The van der Waals surface area contributed by atoms with E-state index in [1.807, 2.05) is 55.5 Å². The molecule has 3 aromatic rings. The van der Waals surface area contributed by atoms with Gasteiger partial charge in [-0.15, -0.1) is 0 Å². The molecule has 0 aromatic heterocycles. The number of benzene rings is 3. The van der Waals surface area contributed by atoms with Crippen LogP contribution in [-0.4, -0.2) is 31.8 Å². The lowest BCUT2D eigenvalue weighted by molar-refractivity contribution is 0.0381. The maximum absolute atomic E-state index is 14.4. The number of aliphatic imine (C=N–C) groups is 1. The predicted octanol–water partition coefficient (Wildman–Crippen LogP) is 5.22. The highest BCUT2D eigenvalue weighted by atomic mass is 32.2. The summed E-state index contributed by atoms with van der Waals surface area (Å²) in [6.07, 6.45) is 0.105. The molecule has 0 radical (unpaired) electrons. The van der Waals surface area contributed by atoms with Gasteiger partial charge in [-0.05, 0) is 62.4 Å². The molecule has 1 aliphatic heterocycles. The molecule has 0 spiro atoms. The van der Waals surface area contributed by atoms with Crippen LogP contribution in [0.2, 0.25) is 0 Å². The SMILES string of the molecule is Cc1ccccc1-c1ccc(C2(C)C(C)(C)OC(=NC(CCO)c3ccccc3F)NS2(=O)=O)cc1. The van der Waals surface area contributed by atoms with Gasteiger partial charge in [0.25, 0.3) is 6.02 Å². The molecule has 2 N–H and O–H groups in total. The minimum Gasteiger partial charge on any atom is -0.456 e. The summed E-state index contributed by atoms with van der Waals surface area (Å²) in [5, 5.41) is 9.51. The molecule has 2 unspecified atom stereocenters. The number of rotatable bonds is 6. The van der Waals surface area contributed by atoms with Crippen LogP contribution in [0.3, 0.4) is 0 Å². The number of aryl methyl sites for hydroxylation is 1. The number of amidine groups is 1. The van der Waals surface area contributed by atoms with Crippen molar-refractivity contribution in [2.45, 2.75) is 50.5 Å². The van der Waals surface area contributed by atoms with Crippen molar-refractivity contribution in [2.75, 3.05) is 6.61 Å². The van der Waals surface area contributed by atoms with Gasteiger partial charge in [0.1, 0.15) is 11.4 Å².